The lowest BCUT2D eigenvalue weighted by Gasteiger charge is -2.32. The highest BCUT2D eigenvalue weighted by Crippen LogP contribution is 2.35. The number of esters is 1. The van der Waals surface area contributed by atoms with Crippen molar-refractivity contribution in [3.8, 4) is 0 Å². The van der Waals surface area contributed by atoms with E-state index in [0.29, 0.717) is 18.6 Å². The number of aryl methyl sites for hydroxylation is 1. The maximum atomic E-state index is 12.0. The van der Waals surface area contributed by atoms with Crippen molar-refractivity contribution in [3.05, 3.63) is 17.5 Å². The minimum Gasteiger partial charge on any atom is -0.468 e. The Balaban J connectivity index is 2.37. The zero-order valence-electron chi connectivity index (χ0n) is 9.58. The van der Waals surface area contributed by atoms with Gasteiger partial charge in [0, 0.05) is 6.07 Å². The Morgan fingerprint density at radius 3 is 2.75 bits per heavy atom. The molecule has 1 aromatic rings. The largest absolute Gasteiger partial charge is 0.468 e. The molecule has 16 heavy (non-hydrogen) atoms. The summed E-state index contributed by atoms with van der Waals surface area (Å²) >= 11 is 0. The first-order valence-corrected chi connectivity index (χ1v) is 5.42. The molecule has 1 aliphatic heterocycles. The molecule has 1 fully saturated rings. The van der Waals surface area contributed by atoms with Crippen LogP contribution < -0.4 is 5.32 Å². The highest BCUT2D eigenvalue weighted by molar-refractivity contribution is 5.82. The van der Waals surface area contributed by atoms with Crippen molar-refractivity contribution in [2.75, 3.05) is 20.2 Å². The number of carbonyl (C=O) groups is 1. The van der Waals surface area contributed by atoms with E-state index in [9.17, 15) is 4.79 Å². The number of nitrogens with zero attached hydrogens (tertiary/aromatic N) is 1. The molecule has 1 saturated heterocycles. The van der Waals surface area contributed by atoms with E-state index < -0.39 is 5.41 Å². The number of methoxy groups -OCH3 is 1. The van der Waals surface area contributed by atoms with Crippen molar-refractivity contribution in [1.82, 2.24) is 10.5 Å². The number of carbonyl (C=O) groups excluding carboxylic acids is 1. The Labute approximate surface area is 94.1 Å². The number of piperidine rings is 1. The van der Waals surface area contributed by atoms with Crippen molar-refractivity contribution >= 4 is 5.97 Å². The molecule has 2 rings (SSSR count). The third-order valence-corrected chi connectivity index (χ3v) is 3.13. The van der Waals surface area contributed by atoms with Gasteiger partial charge in [-0.2, -0.15) is 0 Å². The topological polar surface area (TPSA) is 64.4 Å². The molecule has 0 bridgehead atoms. The fraction of sp³-hybridized carbons (Fsp3) is 0.636. The third kappa shape index (κ3) is 1.71. The van der Waals surface area contributed by atoms with Crippen molar-refractivity contribution in [2.45, 2.75) is 25.2 Å². The molecule has 1 aromatic heterocycles. The van der Waals surface area contributed by atoms with Gasteiger partial charge in [-0.25, -0.2) is 0 Å². The molecular formula is C11H16N2O3. The van der Waals surface area contributed by atoms with Crippen LogP contribution in [0, 0.1) is 6.92 Å². The summed E-state index contributed by atoms with van der Waals surface area (Å²) in [7, 11) is 1.41. The summed E-state index contributed by atoms with van der Waals surface area (Å²) in [5, 5.41) is 7.08. The molecule has 0 spiro atoms. The van der Waals surface area contributed by atoms with Crippen molar-refractivity contribution < 1.29 is 14.1 Å². The number of rotatable bonds is 2. The predicted molar refractivity (Wildman–Crippen MR) is 57.0 cm³/mol. The Morgan fingerprint density at radius 1 is 1.56 bits per heavy atom. The minimum absolute atomic E-state index is 0.231. The van der Waals surface area contributed by atoms with Crippen molar-refractivity contribution in [3.63, 3.8) is 0 Å². The van der Waals surface area contributed by atoms with E-state index in [2.05, 4.69) is 10.5 Å². The maximum absolute atomic E-state index is 12.0. The predicted octanol–water partition coefficient (Wildman–Crippen LogP) is 0.777. The van der Waals surface area contributed by atoms with E-state index in [4.69, 9.17) is 9.26 Å². The van der Waals surface area contributed by atoms with E-state index in [1.165, 1.54) is 7.11 Å². The van der Waals surface area contributed by atoms with Gasteiger partial charge in [0.25, 0.3) is 0 Å². The number of aromatic nitrogens is 1. The lowest BCUT2D eigenvalue weighted by atomic mass is 9.76. The molecule has 0 atom stereocenters. The standard InChI is InChI=1S/C11H16N2O3/c1-8-7-9(16-13-8)11(10(14)15-2)3-5-12-6-4-11/h7,12H,3-6H2,1-2H3. The van der Waals surface area contributed by atoms with Gasteiger partial charge in [-0.1, -0.05) is 5.16 Å². The minimum atomic E-state index is -0.652. The molecule has 0 saturated carbocycles. The van der Waals surface area contributed by atoms with Crippen molar-refractivity contribution in [1.29, 1.82) is 0 Å². The summed E-state index contributed by atoms with van der Waals surface area (Å²) in [4.78, 5) is 12.0. The Morgan fingerprint density at radius 2 is 2.25 bits per heavy atom. The molecule has 2 heterocycles. The van der Waals surface area contributed by atoms with Crippen LogP contribution in [0.15, 0.2) is 10.6 Å². The van der Waals surface area contributed by atoms with Crippen LogP contribution in [0.3, 0.4) is 0 Å². The average Bonchev–Trinajstić information content (AvgIpc) is 2.76. The monoisotopic (exact) mass is 224 g/mol. The molecular weight excluding hydrogens is 208 g/mol. The molecule has 1 aliphatic rings. The smallest absolute Gasteiger partial charge is 0.319 e. The number of ether oxygens (including phenoxy) is 1. The second-order valence-corrected chi connectivity index (χ2v) is 4.16. The van der Waals surface area contributed by atoms with Gasteiger partial charge in [0.05, 0.1) is 12.8 Å². The molecule has 0 unspecified atom stereocenters. The molecule has 5 nitrogen and oxygen atoms in total. The van der Waals surface area contributed by atoms with Gasteiger partial charge in [0.15, 0.2) is 5.76 Å². The van der Waals surface area contributed by atoms with Crippen molar-refractivity contribution in [2.24, 2.45) is 0 Å². The Kier molecular flexibility index (Phi) is 2.96. The fourth-order valence-corrected chi connectivity index (χ4v) is 2.19. The van der Waals surface area contributed by atoms with Gasteiger partial charge in [-0.15, -0.1) is 0 Å². The average molecular weight is 224 g/mol. The summed E-state index contributed by atoms with van der Waals surface area (Å²) in [5.41, 5.74) is 0.137. The van der Waals surface area contributed by atoms with Crippen LogP contribution in [-0.2, 0) is 14.9 Å². The van der Waals surface area contributed by atoms with Crippen LogP contribution in [0.1, 0.15) is 24.3 Å². The van der Waals surface area contributed by atoms with Crippen LogP contribution in [0.4, 0.5) is 0 Å². The van der Waals surface area contributed by atoms with Crippen LogP contribution in [0.25, 0.3) is 0 Å². The number of hydrogen-bond acceptors (Lipinski definition) is 5. The summed E-state index contributed by atoms with van der Waals surface area (Å²) in [5.74, 6) is 0.392. The molecule has 0 aliphatic carbocycles. The second kappa shape index (κ2) is 4.25. The Hall–Kier alpha value is -1.36. The van der Waals surface area contributed by atoms with Crippen LogP contribution in [-0.4, -0.2) is 31.3 Å². The van der Waals surface area contributed by atoms with E-state index in [1.807, 2.05) is 13.0 Å². The molecule has 1 N–H and O–H groups in total. The first kappa shape index (κ1) is 11.1. The number of hydrogen-bond donors (Lipinski definition) is 1. The van der Waals surface area contributed by atoms with Gasteiger partial charge >= 0.3 is 5.97 Å². The second-order valence-electron chi connectivity index (χ2n) is 4.16. The zero-order valence-corrected chi connectivity index (χ0v) is 9.58. The Bertz CT molecular complexity index is 380. The molecule has 0 amide bonds. The highest BCUT2D eigenvalue weighted by Gasteiger charge is 2.45. The van der Waals surface area contributed by atoms with E-state index >= 15 is 0 Å². The van der Waals surface area contributed by atoms with Crippen LogP contribution in [0.5, 0.6) is 0 Å². The quantitative estimate of drug-likeness (QED) is 0.752. The zero-order chi connectivity index (χ0) is 11.6. The lowest BCUT2D eigenvalue weighted by molar-refractivity contribution is -0.149. The summed E-state index contributed by atoms with van der Waals surface area (Å²) < 4.78 is 10.2. The summed E-state index contributed by atoms with van der Waals surface area (Å²) in [6.45, 7) is 3.42. The van der Waals surface area contributed by atoms with Crippen LogP contribution in [0.2, 0.25) is 0 Å². The van der Waals surface area contributed by atoms with Gasteiger partial charge < -0.3 is 14.6 Å². The van der Waals surface area contributed by atoms with E-state index in [1.54, 1.807) is 0 Å². The highest BCUT2D eigenvalue weighted by atomic mass is 16.5. The van der Waals surface area contributed by atoms with E-state index in [0.717, 1.165) is 18.8 Å². The van der Waals surface area contributed by atoms with Gasteiger partial charge in [0.1, 0.15) is 5.41 Å². The fourth-order valence-electron chi connectivity index (χ4n) is 2.19. The molecule has 0 radical (unpaired) electrons. The van der Waals surface area contributed by atoms with Gasteiger partial charge in [-0.3, -0.25) is 4.79 Å². The van der Waals surface area contributed by atoms with Crippen LogP contribution >= 0.6 is 0 Å². The molecule has 5 heteroatoms. The first-order valence-electron chi connectivity index (χ1n) is 5.42. The molecule has 0 aromatic carbocycles. The van der Waals surface area contributed by atoms with Gasteiger partial charge in [0.2, 0.25) is 0 Å². The third-order valence-electron chi connectivity index (χ3n) is 3.13. The molecule has 88 valence electrons. The van der Waals surface area contributed by atoms with Gasteiger partial charge in [-0.05, 0) is 32.9 Å². The summed E-state index contributed by atoms with van der Waals surface area (Å²) in [6, 6.07) is 1.82. The van der Waals surface area contributed by atoms with E-state index in [-0.39, 0.29) is 5.97 Å². The maximum Gasteiger partial charge on any atom is 0.319 e. The normalized spacial score (nSPS) is 19.4. The number of nitrogens with one attached hydrogen (secondary N) is 1. The first-order chi connectivity index (χ1) is 7.69. The SMILES string of the molecule is COC(=O)C1(c2cc(C)no2)CCNCC1. The summed E-state index contributed by atoms with van der Waals surface area (Å²) in [6.07, 6.45) is 1.38. The lowest BCUT2D eigenvalue weighted by Crippen LogP contribution is -2.46.